The Kier molecular flexibility index (Phi) is 4.26. The van der Waals surface area contributed by atoms with Crippen LogP contribution in [0.1, 0.15) is 6.92 Å². The van der Waals surface area contributed by atoms with Gasteiger partial charge in [-0.15, -0.1) is 0 Å². The molecule has 0 aromatic carbocycles. The van der Waals surface area contributed by atoms with E-state index in [-0.39, 0.29) is 11.8 Å². The van der Waals surface area contributed by atoms with Gasteiger partial charge >= 0.3 is 0 Å². The number of halogens is 1. The molecule has 0 aliphatic carbocycles. The third kappa shape index (κ3) is 4.05. The average molecular weight is 308 g/mol. The van der Waals surface area contributed by atoms with Crippen molar-refractivity contribution < 1.29 is 8.42 Å². The zero-order chi connectivity index (χ0) is 12.3. The molecule has 0 saturated carbocycles. The summed E-state index contributed by atoms with van der Waals surface area (Å²) < 4.78 is 23.1. The minimum absolute atomic E-state index is 0.0862. The summed E-state index contributed by atoms with van der Waals surface area (Å²) in [6, 6.07) is -0.156. The molecule has 5 nitrogen and oxygen atoms in total. The van der Waals surface area contributed by atoms with Gasteiger partial charge in [0.1, 0.15) is 9.84 Å². The van der Waals surface area contributed by atoms with E-state index >= 15 is 0 Å². The Balaban J connectivity index is 2.78. The largest absolute Gasteiger partial charge is 0.340 e. The molecule has 1 unspecified atom stereocenters. The first-order valence-corrected chi connectivity index (χ1v) is 7.53. The predicted octanol–water partition coefficient (Wildman–Crippen LogP) is 1.11. The van der Waals surface area contributed by atoms with Gasteiger partial charge in [-0.25, -0.2) is 18.4 Å². The Morgan fingerprint density at radius 3 is 2.38 bits per heavy atom. The normalized spacial score (nSPS) is 13.5. The van der Waals surface area contributed by atoms with Crippen molar-refractivity contribution in [2.45, 2.75) is 13.0 Å². The molecule has 16 heavy (non-hydrogen) atoms. The fraction of sp³-hybridized carbons (Fsp3) is 0.556. The number of nitrogens with zero attached hydrogens (tertiary/aromatic N) is 3. The maximum absolute atomic E-state index is 11.2. The molecule has 0 aliphatic heterocycles. The van der Waals surface area contributed by atoms with Crippen LogP contribution in [0.5, 0.6) is 0 Å². The molecule has 0 amide bonds. The van der Waals surface area contributed by atoms with Crippen LogP contribution in [0.25, 0.3) is 0 Å². The van der Waals surface area contributed by atoms with Gasteiger partial charge in [-0.1, -0.05) is 0 Å². The number of rotatable bonds is 4. The predicted molar refractivity (Wildman–Crippen MR) is 67.3 cm³/mol. The van der Waals surface area contributed by atoms with Gasteiger partial charge < -0.3 is 4.90 Å². The fourth-order valence-electron chi connectivity index (χ4n) is 1.23. The van der Waals surface area contributed by atoms with Crippen LogP contribution in [0.2, 0.25) is 0 Å². The zero-order valence-electron chi connectivity index (χ0n) is 9.38. The highest BCUT2D eigenvalue weighted by atomic mass is 79.9. The monoisotopic (exact) mass is 307 g/mol. The van der Waals surface area contributed by atoms with E-state index in [0.717, 1.165) is 4.47 Å². The van der Waals surface area contributed by atoms with Gasteiger partial charge in [0.15, 0.2) is 0 Å². The quantitative estimate of drug-likeness (QED) is 0.834. The Bertz CT molecular complexity index is 446. The van der Waals surface area contributed by atoms with Crippen LogP contribution in [-0.4, -0.2) is 43.5 Å². The highest BCUT2D eigenvalue weighted by Gasteiger charge is 2.17. The molecule has 0 fully saturated rings. The zero-order valence-corrected chi connectivity index (χ0v) is 11.8. The maximum Gasteiger partial charge on any atom is 0.225 e. The molecule has 1 rings (SSSR count). The van der Waals surface area contributed by atoms with E-state index in [1.165, 1.54) is 6.26 Å². The van der Waals surface area contributed by atoms with Crippen LogP contribution in [0.3, 0.4) is 0 Å². The van der Waals surface area contributed by atoms with E-state index in [0.29, 0.717) is 5.95 Å². The van der Waals surface area contributed by atoms with E-state index in [4.69, 9.17) is 0 Å². The van der Waals surface area contributed by atoms with Gasteiger partial charge in [0, 0.05) is 31.7 Å². The smallest absolute Gasteiger partial charge is 0.225 e. The van der Waals surface area contributed by atoms with Crippen molar-refractivity contribution in [1.82, 2.24) is 9.97 Å². The Hall–Kier alpha value is -0.690. The summed E-state index contributed by atoms with van der Waals surface area (Å²) >= 11 is 3.24. The van der Waals surface area contributed by atoms with Crippen molar-refractivity contribution in [3.63, 3.8) is 0 Å². The van der Waals surface area contributed by atoms with Crippen LogP contribution < -0.4 is 4.90 Å². The summed E-state index contributed by atoms with van der Waals surface area (Å²) in [4.78, 5) is 9.95. The van der Waals surface area contributed by atoms with Crippen LogP contribution in [-0.2, 0) is 9.84 Å². The number of hydrogen-bond donors (Lipinski definition) is 0. The van der Waals surface area contributed by atoms with Crippen molar-refractivity contribution in [2.24, 2.45) is 0 Å². The summed E-state index contributed by atoms with van der Waals surface area (Å²) in [5.74, 6) is 0.600. The van der Waals surface area contributed by atoms with Gasteiger partial charge in [0.05, 0.1) is 10.2 Å². The van der Waals surface area contributed by atoms with Crippen LogP contribution in [0.4, 0.5) is 5.95 Å². The Morgan fingerprint density at radius 1 is 1.44 bits per heavy atom. The third-order valence-corrected chi connectivity index (χ3v) is 3.62. The minimum Gasteiger partial charge on any atom is -0.340 e. The summed E-state index contributed by atoms with van der Waals surface area (Å²) in [6.07, 6.45) is 4.48. The molecule has 1 atom stereocenters. The second-order valence-corrected chi connectivity index (χ2v) is 6.85. The molecule has 90 valence electrons. The minimum atomic E-state index is -2.99. The van der Waals surface area contributed by atoms with Crippen LogP contribution in [0, 0.1) is 0 Å². The second kappa shape index (κ2) is 5.09. The first-order chi connectivity index (χ1) is 7.29. The van der Waals surface area contributed by atoms with Crippen molar-refractivity contribution in [3.8, 4) is 0 Å². The first kappa shape index (κ1) is 13.4. The van der Waals surface area contributed by atoms with E-state index in [9.17, 15) is 8.42 Å². The maximum atomic E-state index is 11.2. The highest BCUT2D eigenvalue weighted by molar-refractivity contribution is 9.10. The molecule has 0 N–H and O–H groups in total. The van der Waals surface area contributed by atoms with Gasteiger partial charge in [0.25, 0.3) is 0 Å². The van der Waals surface area contributed by atoms with E-state index in [1.807, 2.05) is 6.92 Å². The SMILES string of the molecule is CC(CS(C)(=O)=O)N(C)c1ncc(Br)cn1. The van der Waals surface area contributed by atoms with E-state index in [2.05, 4.69) is 25.9 Å². The molecule has 0 radical (unpaired) electrons. The lowest BCUT2D eigenvalue weighted by Crippen LogP contribution is -2.35. The molecule has 0 saturated heterocycles. The average Bonchev–Trinajstić information content (AvgIpc) is 2.15. The lowest BCUT2D eigenvalue weighted by atomic mass is 10.3. The van der Waals surface area contributed by atoms with Gasteiger partial charge in [-0.05, 0) is 22.9 Å². The van der Waals surface area contributed by atoms with Gasteiger partial charge in [0.2, 0.25) is 5.95 Å². The molecule has 1 aromatic heterocycles. The second-order valence-electron chi connectivity index (χ2n) is 3.75. The molecular weight excluding hydrogens is 294 g/mol. The fourth-order valence-corrected chi connectivity index (χ4v) is 2.54. The number of anilines is 1. The third-order valence-electron chi connectivity index (χ3n) is 2.13. The van der Waals surface area contributed by atoms with Crippen LogP contribution >= 0.6 is 15.9 Å². The molecule has 0 spiro atoms. The van der Waals surface area contributed by atoms with Crippen molar-refractivity contribution in [2.75, 3.05) is 24.0 Å². The first-order valence-electron chi connectivity index (χ1n) is 4.67. The van der Waals surface area contributed by atoms with Crippen molar-refractivity contribution in [1.29, 1.82) is 0 Å². The lowest BCUT2D eigenvalue weighted by Gasteiger charge is -2.23. The molecule has 7 heteroatoms. The van der Waals surface area contributed by atoms with Gasteiger partial charge in [-0.2, -0.15) is 0 Å². The van der Waals surface area contributed by atoms with Crippen molar-refractivity contribution in [3.05, 3.63) is 16.9 Å². The van der Waals surface area contributed by atoms with Gasteiger partial charge in [-0.3, -0.25) is 0 Å². The summed E-state index contributed by atoms with van der Waals surface area (Å²) in [7, 11) is -1.21. The molecule has 0 aliphatic rings. The number of aromatic nitrogens is 2. The molecular formula is C9H14BrN3O2S. The summed E-state index contributed by atoms with van der Waals surface area (Å²) in [5, 5.41) is 0. The van der Waals surface area contributed by atoms with Crippen LogP contribution in [0.15, 0.2) is 16.9 Å². The number of hydrogen-bond acceptors (Lipinski definition) is 5. The molecule has 0 bridgehead atoms. The van der Waals surface area contributed by atoms with Crippen molar-refractivity contribution >= 4 is 31.7 Å². The molecule has 1 heterocycles. The van der Waals surface area contributed by atoms with E-state index < -0.39 is 9.84 Å². The standard InChI is InChI=1S/C9H14BrN3O2S/c1-7(6-16(3,14)15)13(2)9-11-4-8(10)5-12-9/h4-5,7H,6H2,1-3H3. The summed E-state index contributed by atoms with van der Waals surface area (Å²) in [5.41, 5.74) is 0. The van der Waals surface area contributed by atoms with E-state index in [1.54, 1.807) is 24.3 Å². The Morgan fingerprint density at radius 2 is 1.94 bits per heavy atom. The Labute approximate surface area is 104 Å². The molecule has 1 aromatic rings. The number of sulfone groups is 1. The topological polar surface area (TPSA) is 63.2 Å². The lowest BCUT2D eigenvalue weighted by molar-refractivity contribution is 0.592. The highest BCUT2D eigenvalue weighted by Crippen LogP contribution is 2.12. The summed E-state index contributed by atoms with van der Waals surface area (Å²) in [6.45, 7) is 1.83.